The lowest BCUT2D eigenvalue weighted by Gasteiger charge is -2.17. The highest BCUT2D eigenvalue weighted by Gasteiger charge is 2.26. The van der Waals surface area contributed by atoms with Gasteiger partial charge in [0.2, 0.25) is 0 Å². The van der Waals surface area contributed by atoms with Gasteiger partial charge in [0.25, 0.3) is 11.5 Å². The van der Waals surface area contributed by atoms with Crippen LogP contribution in [0.15, 0.2) is 53.6 Å². The van der Waals surface area contributed by atoms with Gasteiger partial charge >= 0.3 is 0 Å². The molecule has 0 spiro atoms. The molecular formula is C19H18N4O3. The molecule has 7 heteroatoms. The van der Waals surface area contributed by atoms with Crippen molar-refractivity contribution >= 4 is 5.91 Å². The van der Waals surface area contributed by atoms with Gasteiger partial charge in [-0.2, -0.15) is 5.10 Å². The summed E-state index contributed by atoms with van der Waals surface area (Å²) in [5, 5.41) is 4.36. The van der Waals surface area contributed by atoms with E-state index < -0.39 is 5.91 Å². The van der Waals surface area contributed by atoms with Crippen LogP contribution in [0.25, 0.3) is 16.9 Å². The third-order valence-corrected chi connectivity index (χ3v) is 4.46. The molecule has 1 aliphatic carbocycles. The van der Waals surface area contributed by atoms with Gasteiger partial charge in [0.05, 0.1) is 30.7 Å². The summed E-state index contributed by atoms with van der Waals surface area (Å²) < 4.78 is 8.57. The fourth-order valence-corrected chi connectivity index (χ4v) is 3.09. The Balaban J connectivity index is 2.04. The maximum absolute atomic E-state index is 12.9. The van der Waals surface area contributed by atoms with Gasteiger partial charge in [0.1, 0.15) is 11.3 Å². The van der Waals surface area contributed by atoms with Crippen molar-refractivity contribution < 1.29 is 9.53 Å². The summed E-state index contributed by atoms with van der Waals surface area (Å²) in [5.41, 5.74) is 7.16. The summed E-state index contributed by atoms with van der Waals surface area (Å²) in [6, 6.07) is 10.8. The zero-order chi connectivity index (χ0) is 18.3. The van der Waals surface area contributed by atoms with Gasteiger partial charge in [0, 0.05) is 12.3 Å². The smallest absolute Gasteiger partial charge is 0.259 e. The van der Waals surface area contributed by atoms with Crippen LogP contribution in [-0.4, -0.2) is 27.4 Å². The van der Waals surface area contributed by atoms with Crippen LogP contribution in [0.4, 0.5) is 0 Å². The van der Waals surface area contributed by atoms with Crippen LogP contribution in [0.5, 0.6) is 5.75 Å². The quantitative estimate of drug-likeness (QED) is 0.763. The number of aromatic nitrogens is 3. The molecule has 0 atom stereocenters. The Morgan fingerprint density at radius 1 is 1.27 bits per heavy atom. The summed E-state index contributed by atoms with van der Waals surface area (Å²) in [4.78, 5) is 25.1. The zero-order valence-electron chi connectivity index (χ0n) is 14.3. The second-order valence-electron chi connectivity index (χ2n) is 6.25. The molecule has 2 aromatic heterocycles. The van der Waals surface area contributed by atoms with Crippen LogP contribution in [-0.2, 0) is 0 Å². The van der Waals surface area contributed by atoms with E-state index in [1.54, 1.807) is 6.20 Å². The van der Waals surface area contributed by atoms with Gasteiger partial charge in [-0.15, -0.1) is 0 Å². The molecule has 1 aromatic carbocycles. The predicted molar refractivity (Wildman–Crippen MR) is 96.6 cm³/mol. The Morgan fingerprint density at radius 3 is 2.62 bits per heavy atom. The van der Waals surface area contributed by atoms with Crippen LogP contribution in [0.2, 0.25) is 0 Å². The molecule has 0 saturated heterocycles. The Kier molecular flexibility index (Phi) is 3.84. The van der Waals surface area contributed by atoms with Gasteiger partial charge < -0.3 is 10.5 Å². The summed E-state index contributed by atoms with van der Waals surface area (Å²) in [6.45, 7) is 0. The molecule has 2 heterocycles. The SMILES string of the molecule is COc1cc(=O)n(-c2cnn(C3CC3)c2)c(-c2ccccc2)c1C(N)=O. The summed E-state index contributed by atoms with van der Waals surface area (Å²) >= 11 is 0. The first-order valence-corrected chi connectivity index (χ1v) is 8.34. The summed E-state index contributed by atoms with van der Waals surface area (Å²) in [6.07, 6.45) is 5.61. The van der Waals surface area contributed by atoms with Gasteiger partial charge in [-0.3, -0.25) is 18.8 Å². The van der Waals surface area contributed by atoms with Crippen LogP contribution in [0.3, 0.4) is 0 Å². The highest BCUT2D eigenvalue weighted by molar-refractivity contribution is 6.02. The number of hydrogen-bond donors (Lipinski definition) is 1. The van der Waals surface area contributed by atoms with Gasteiger partial charge in [0.15, 0.2) is 0 Å². The van der Waals surface area contributed by atoms with E-state index in [1.165, 1.54) is 17.7 Å². The van der Waals surface area contributed by atoms with Crippen molar-refractivity contribution in [2.24, 2.45) is 5.73 Å². The van der Waals surface area contributed by atoms with E-state index in [4.69, 9.17) is 10.5 Å². The highest BCUT2D eigenvalue weighted by atomic mass is 16.5. The Bertz CT molecular complexity index is 1030. The maximum atomic E-state index is 12.9. The Labute approximate surface area is 149 Å². The molecule has 0 aliphatic heterocycles. The van der Waals surface area contributed by atoms with E-state index in [2.05, 4.69) is 5.10 Å². The van der Waals surface area contributed by atoms with Crippen LogP contribution < -0.4 is 16.0 Å². The molecule has 26 heavy (non-hydrogen) atoms. The minimum absolute atomic E-state index is 0.159. The van der Waals surface area contributed by atoms with Crippen LogP contribution in [0.1, 0.15) is 29.2 Å². The number of amides is 1. The zero-order valence-corrected chi connectivity index (χ0v) is 14.3. The number of ether oxygens (including phenoxy) is 1. The van der Waals surface area contributed by atoms with E-state index in [9.17, 15) is 9.59 Å². The second kappa shape index (κ2) is 6.18. The molecular weight excluding hydrogens is 332 g/mol. The molecule has 1 saturated carbocycles. The van der Waals surface area contributed by atoms with Crippen molar-refractivity contribution in [2.75, 3.05) is 7.11 Å². The van der Waals surface area contributed by atoms with Crippen molar-refractivity contribution in [3.63, 3.8) is 0 Å². The number of hydrogen-bond acceptors (Lipinski definition) is 4. The van der Waals surface area contributed by atoms with Crippen LogP contribution >= 0.6 is 0 Å². The molecule has 1 fully saturated rings. The monoisotopic (exact) mass is 350 g/mol. The van der Waals surface area contributed by atoms with E-state index in [0.717, 1.165) is 12.8 Å². The minimum Gasteiger partial charge on any atom is -0.496 e. The third kappa shape index (κ3) is 2.67. The molecule has 0 unspecified atom stereocenters. The second-order valence-corrected chi connectivity index (χ2v) is 6.25. The Morgan fingerprint density at radius 2 is 2.00 bits per heavy atom. The van der Waals surface area contributed by atoms with Crippen molar-refractivity contribution in [1.29, 1.82) is 0 Å². The maximum Gasteiger partial charge on any atom is 0.259 e. The van der Waals surface area contributed by atoms with E-state index in [1.807, 2.05) is 41.2 Å². The minimum atomic E-state index is -0.663. The number of methoxy groups -OCH3 is 1. The summed E-state index contributed by atoms with van der Waals surface area (Å²) in [5.74, 6) is -0.503. The normalized spacial score (nSPS) is 13.6. The first kappa shape index (κ1) is 16.1. The molecule has 4 rings (SSSR count). The first-order valence-electron chi connectivity index (χ1n) is 8.34. The molecule has 3 aromatic rings. The average Bonchev–Trinajstić information content (AvgIpc) is 3.39. The third-order valence-electron chi connectivity index (χ3n) is 4.46. The number of carbonyl (C=O) groups excluding carboxylic acids is 1. The number of benzene rings is 1. The predicted octanol–water partition coefficient (Wildman–Crippen LogP) is 2.14. The molecule has 0 radical (unpaired) electrons. The van der Waals surface area contributed by atoms with Crippen molar-refractivity contribution in [2.45, 2.75) is 18.9 Å². The van der Waals surface area contributed by atoms with E-state index in [0.29, 0.717) is 23.0 Å². The lowest BCUT2D eigenvalue weighted by atomic mass is 10.0. The number of pyridine rings is 1. The van der Waals surface area contributed by atoms with Crippen molar-refractivity contribution in [3.8, 4) is 22.7 Å². The summed E-state index contributed by atoms with van der Waals surface area (Å²) in [7, 11) is 1.41. The highest BCUT2D eigenvalue weighted by Crippen LogP contribution is 2.35. The number of nitrogens with zero attached hydrogens (tertiary/aromatic N) is 3. The van der Waals surface area contributed by atoms with Gasteiger partial charge in [-0.05, 0) is 18.4 Å². The van der Waals surface area contributed by atoms with E-state index >= 15 is 0 Å². The van der Waals surface area contributed by atoms with Gasteiger partial charge in [-0.25, -0.2) is 0 Å². The van der Waals surface area contributed by atoms with Crippen molar-refractivity contribution in [1.82, 2.24) is 14.3 Å². The topological polar surface area (TPSA) is 92.1 Å². The molecule has 7 nitrogen and oxygen atoms in total. The fourth-order valence-electron chi connectivity index (χ4n) is 3.09. The molecule has 132 valence electrons. The molecule has 0 bridgehead atoms. The fraction of sp³-hybridized carbons (Fsp3) is 0.211. The largest absolute Gasteiger partial charge is 0.496 e. The molecule has 1 aliphatic rings. The standard InChI is InChI=1S/C19H18N4O3/c1-26-15-9-16(24)23(14-10-21-22(11-14)13-7-8-13)18(17(15)19(20)25)12-5-3-2-4-6-12/h2-6,9-11,13H,7-8H2,1H3,(H2,20,25). The lowest BCUT2D eigenvalue weighted by Crippen LogP contribution is -2.25. The average molecular weight is 350 g/mol. The Hall–Kier alpha value is -3.35. The lowest BCUT2D eigenvalue weighted by molar-refractivity contribution is 0.0997. The first-order chi connectivity index (χ1) is 12.6. The number of rotatable bonds is 5. The van der Waals surface area contributed by atoms with Gasteiger partial charge in [-0.1, -0.05) is 30.3 Å². The molecule has 2 N–H and O–H groups in total. The van der Waals surface area contributed by atoms with E-state index in [-0.39, 0.29) is 16.9 Å². The number of nitrogens with two attached hydrogens (primary N) is 1. The number of primary amides is 1. The molecule has 1 amide bonds. The van der Waals surface area contributed by atoms with Crippen molar-refractivity contribution in [3.05, 3.63) is 64.7 Å². The van der Waals surface area contributed by atoms with Crippen LogP contribution in [0, 0.1) is 0 Å². The number of carbonyl (C=O) groups is 1.